The third kappa shape index (κ3) is 5.09. The number of benzene rings is 2. The van der Waals surface area contributed by atoms with E-state index in [1.165, 1.54) is 32.1 Å². The second-order valence-corrected chi connectivity index (χ2v) is 10.1. The summed E-state index contributed by atoms with van der Waals surface area (Å²) < 4.78 is 1.84. The van der Waals surface area contributed by atoms with Crippen LogP contribution in [0.1, 0.15) is 79.2 Å². The van der Waals surface area contributed by atoms with Gasteiger partial charge in [0.1, 0.15) is 5.82 Å². The Morgan fingerprint density at radius 1 is 0.971 bits per heavy atom. The van der Waals surface area contributed by atoms with Crippen LogP contribution in [0.4, 0.5) is 0 Å². The van der Waals surface area contributed by atoms with Crippen LogP contribution in [-0.2, 0) is 17.8 Å². The molecule has 182 valence electrons. The van der Waals surface area contributed by atoms with Crippen molar-refractivity contribution in [3.8, 4) is 0 Å². The van der Waals surface area contributed by atoms with Gasteiger partial charge in [-0.3, -0.25) is 14.2 Å². The number of amides is 1. The van der Waals surface area contributed by atoms with Crippen LogP contribution in [-0.4, -0.2) is 26.9 Å². The average Bonchev–Trinajstić information content (AvgIpc) is 2.91. The fourth-order valence-electron chi connectivity index (χ4n) is 5.86. The molecule has 1 aromatic heterocycles. The highest BCUT2D eigenvalue weighted by Gasteiger charge is 2.28. The van der Waals surface area contributed by atoms with Crippen molar-refractivity contribution < 1.29 is 4.79 Å². The Morgan fingerprint density at radius 2 is 1.60 bits per heavy atom. The molecule has 2 aromatic carbocycles. The summed E-state index contributed by atoms with van der Waals surface area (Å²) in [4.78, 5) is 33.6. The fraction of sp³-hybridized carbons (Fsp3) is 0.433. The number of nitrogens with zero attached hydrogens (tertiary/aromatic N) is 3. The van der Waals surface area contributed by atoms with Gasteiger partial charge in [-0.2, -0.15) is 0 Å². The molecule has 1 aliphatic heterocycles. The molecule has 1 amide bonds. The molecule has 2 aliphatic rings. The van der Waals surface area contributed by atoms with Gasteiger partial charge in [-0.05, 0) is 36.8 Å². The van der Waals surface area contributed by atoms with Gasteiger partial charge in [-0.15, -0.1) is 0 Å². The number of carbonyl (C=O) groups excluding carboxylic acids is 1. The largest absolute Gasteiger partial charge is 0.336 e. The third-order valence-electron chi connectivity index (χ3n) is 7.78. The standard InChI is InChI=1S/C30H35N3O2/c1-22-31-27-21-32(28(34)18-17-23-11-5-2-6-12-23)20-19-26(27)30(35)33(22)29(24-13-7-3-8-14-24)25-15-9-4-10-16-25/h3-4,7-10,13-16,23,29H,2,5-6,11-12,17-21H2,1H3. The van der Waals surface area contributed by atoms with Crippen molar-refractivity contribution in [3.63, 3.8) is 0 Å². The summed E-state index contributed by atoms with van der Waals surface area (Å²) >= 11 is 0. The quantitative estimate of drug-likeness (QED) is 0.483. The molecule has 35 heavy (non-hydrogen) atoms. The van der Waals surface area contributed by atoms with E-state index in [9.17, 15) is 9.59 Å². The van der Waals surface area contributed by atoms with Crippen molar-refractivity contribution in [2.45, 2.75) is 70.9 Å². The first-order valence-corrected chi connectivity index (χ1v) is 13.1. The fourth-order valence-corrected chi connectivity index (χ4v) is 5.86. The summed E-state index contributed by atoms with van der Waals surface area (Å²) in [5, 5.41) is 0. The summed E-state index contributed by atoms with van der Waals surface area (Å²) in [6.07, 6.45) is 8.64. The Labute approximate surface area is 207 Å². The number of hydrogen-bond acceptors (Lipinski definition) is 3. The zero-order valence-corrected chi connectivity index (χ0v) is 20.7. The lowest BCUT2D eigenvalue weighted by Gasteiger charge is -2.31. The molecule has 0 spiro atoms. The van der Waals surface area contributed by atoms with Crippen LogP contribution in [0.5, 0.6) is 0 Å². The van der Waals surface area contributed by atoms with Gasteiger partial charge in [0.05, 0.1) is 18.3 Å². The highest BCUT2D eigenvalue weighted by molar-refractivity contribution is 5.76. The van der Waals surface area contributed by atoms with E-state index >= 15 is 0 Å². The van der Waals surface area contributed by atoms with Crippen molar-refractivity contribution in [1.82, 2.24) is 14.5 Å². The van der Waals surface area contributed by atoms with Crippen molar-refractivity contribution in [3.05, 3.63) is 99.2 Å². The van der Waals surface area contributed by atoms with Crippen LogP contribution in [0.25, 0.3) is 0 Å². The lowest BCUT2D eigenvalue weighted by Crippen LogP contribution is -2.42. The maximum absolute atomic E-state index is 13.9. The number of fused-ring (bicyclic) bond motifs is 1. The van der Waals surface area contributed by atoms with Gasteiger partial charge in [-0.25, -0.2) is 4.98 Å². The molecule has 5 nitrogen and oxygen atoms in total. The van der Waals surface area contributed by atoms with E-state index in [2.05, 4.69) is 24.3 Å². The maximum atomic E-state index is 13.9. The Morgan fingerprint density at radius 3 is 2.23 bits per heavy atom. The van der Waals surface area contributed by atoms with E-state index < -0.39 is 0 Å². The molecule has 3 aromatic rings. The Hall–Kier alpha value is -3.21. The van der Waals surface area contributed by atoms with Crippen molar-refractivity contribution in [2.75, 3.05) is 6.54 Å². The number of aryl methyl sites for hydroxylation is 1. The van der Waals surface area contributed by atoms with Crippen molar-refractivity contribution in [2.24, 2.45) is 5.92 Å². The van der Waals surface area contributed by atoms with E-state index in [4.69, 9.17) is 4.98 Å². The minimum atomic E-state index is -0.238. The van der Waals surface area contributed by atoms with Crippen LogP contribution in [0, 0.1) is 12.8 Å². The number of hydrogen-bond donors (Lipinski definition) is 0. The molecule has 1 saturated carbocycles. The summed E-state index contributed by atoms with van der Waals surface area (Å²) in [5.41, 5.74) is 3.64. The summed E-state index contributed by atoms with van der Waals surface area (Å²) in [6.45, 7) is 2.94. The minimum absolute atomic E-state index is 0.0134. The van der Waals surface area contributed by atoms with Gasteiger partial charge in [0.2, 0.25) is 5.91 Å². The zero-order chi connectivity index (χ0) is 24.2. The molecule has 5 rings (SSSR count). The molecule has 1 aliphatic carbocycles. The van der Waals surface area contributed by atoms with Crippen LogP contribution < -0.4 is 5.56 Å². The first-order valence-electron chi connectivity index (χ1n) is 13.1. The van der Waals surface area contributed by atoms with E-state index in [1.54, 1.807) is 0 Å². The van der Waals surface area contributed by atoms with Crippen LogP contribution in [0.15, 0.2) is 65.5 Å². The van der Waals surface area contributed by atoms with Crippen molar-refractivity contribution >= 4 is 5.91 Å². The van der Waals surface area contributed by atoms with Gasteiger partial charge in [-0.1, -0.05) is 92.8 Å². The van der Waals surface area contributed by atoms with Gasteiger partial charge < -0.3 is 4.90 Å². The number of aromatic nitrogens is 2. The maximum Gasteiger partial charge on any atom is 0.257 e. The van der Waals surface area contributed by atoms with E-state index in [0.29, 0.717) is 37.7 Å². The predicted octanol–water partition coefficient (Wildman–Crippen LogP) is 5.43. The molecule has 1 fully saturated rings. The first-order chi connectivity index (χ1) is 17.1. The molecule has 0 atom stereocenters. The lowest BCUT2D eigenvalue weighted by atomic mass is 9.86. The SMILES string of the molecule is Cc1nc2c(c(=O)n1C(c1ccccc1)c1ccccc1)CCN(C(=O)CCC1CCCCC1)C2. The highest BCUT2D eigenvalue weighted by atomic mass is 16.2. The van der Waals surface area contributed by atoms with Gasteiger partial charge in [0, 0.05) is 18.5 Å². The summed E-state index contributed by atoms with van der Waals surface area (Å²) in [6, 6.07) is 20.0. The molecule has 0 unspecified atom stereocenters. The van der Waals surface area contributed by atoms with Gasteiger partial charge in [0.15, 0.2) is 0 Å². The minimum Gasteiger partial charge on any atom is -0.336 e. The summed E-state index contributed by atoms with van der Waals surface area (Å²) in [5.74, 6) is 1.59. The van der Waals surface area contributed by atoms with Crippen LogP contribution in [0.3, 0.4) is 0 Å². The molecule has 0 saturated heterocycles. The Kier molecular flexibility index (Phi) is 7.12. The van der Waals surface area contributed by atoms with Crippen LogP contribution in [0.2, 0.25) is 0 Å². The lowest BCUT2D eigenvalue weighted by molar-refractivity contribution is -0.132. The average molecular weight is 470 g/mol. The number of rotatable bonds is 6. The second kappa shape index (κ2) is 10.6. The monoisotopic (exact) mass is 469 g/mol. The molecule has 0 bridgehead atoms. The molecule has 0 radical (unpaired) electrons. The van der Waals surface area contributed by atoms with Gasteiger partial charge in [0.25, 0.3) is 5.56 Å². The van der Waals surface area contributed by atoms with E-state index in [0.717, 1.165) is 28.8 Å². The second-order valence-electron chi connectivity index (χ2n) is 10.1. The third-order valence-corrected chi connectivity index (χ3v) is 7.78. The summed E-state index contributed by atoms with van der Waals surface area (Å²) in [7, 11) is 0. The molecule has 2 heterocycles. The molecular weight excluding hydrogens is 434 g/mol. The predicted molar refractivity (Wildman–Crippen MR) is 138 cm³/mol. The van der Waals surface area contributed by atoms with E-state index in [1.807, 2.05) is 52.8 Å². The molecule has 5 heteroatoms. The molecular formula is C30H35N3O2. The Bertz CT molecular complexity index is 1170. The smallest absolute Gasteiger partial charge is 0.257 e. The van der Waals surface area contributed by atoms with Crippen molar-refractivity contribution in [1.29, 1.82) is 0 Å². The van der Waals surface area contributed by atoms with Crippen LogP contribution >= 0.6 is 0 Å². The normalized spacial score (nSPS) is 16.3. The zero-order valence-electron chi connectivity index (χ0n) is 20.7. The van der Waals surface area contributed by atoms with Gasteiger partial charge >= 0.3 is 0 Å². The highest BCUT2D eigenvalue weighted by Crippen LogP contribution is 2.29. The van der Waals surface area contributed by atoms with E-state index in [-0.39, 0.29) is 17.5 Å². The number of carbonyl (C=O) groups is 1. The Balaban J connectivity index is 1.41. The first kappa shape index (κ1) is 23.5. The molecule has 0 N–H and O–H groups in total. The topological polar surface area (TPSA) is 55.2 Å².